The van der Waals surface area contributed by atoms with E-state index in [4.69, 9.17) is 14.2 Å². The fourth-order valence-corrected chi connectivity index (χ4v) is 6.22. The summed E-state index contributed by atoms with van der Waals surface area (Å²) in [5.41, 5.74) is 4.68. The summed E-state index contributed by atoms with van der Waals surface area (Å²) in [4.78, 5) is 40.0. The number of rotatable bonds is 13. The van der Waals surface area contributed by atoms with Crippen molar-refractivity contribution in [2.24, 2.45) is 5.92 Å². The van der Waals surface area contributed by atoms with Crippen LogP contribution >= 0.6 is 0 Å². The molecule has 2 amide bonds. The van der Waals surface area contributed by atoms with E-state index in [9.17, 15) is 14.4 Å². The molecule has 4 N–H and O–H groups in total. The molecule has 1 aromatic heterocycles. The van der Waals surface area contributed by atoms with Crippen LogP contribution < -0.4 is 35.6 Å². The first-order chi connectivity index (χ1) is 23.7. The molecule has 5 rings (SSSR count). The van der Waals surface area contributed by atoms with E-state index in [0.717, 1.165) is 23.1 Å². The summed E-state index contributed by atoms with van der Waals surface area (Å²) in [6.45, 7) is 5.42. The van der Waals surface area contributed by atoms with Gasteiger partial charge < -0.3 is 30.2 Å². The molecule has 1 heterocycles. The van der Waals surface area contributed by atoms with Crippen LogP contribution in [0, 0.1) is 5.92 Å². The fourth-order valence-electron chi connectivity index (χ4n) is 6.22. The molecular weight excluding hydrogens is 626 g/mol. The summed E-state index contributed by atoms with van der Waals surface area (Å²) in [7, 11) is 4.66. The lowest BCUT2D eigenvalue weighted by Gasteiger charge is -2.24. The van der Waals surface area contributed by atoms with E-state index < -0.39 is 12.1 Å². The predicted octanol–water partition coefficient (Wildman–Crippen LogP) is 4.63. The molecule has 49 heavy (non-hydrogen) atoms. The van der Waals surface area contributed by atoms with E-state index in [2.05, 4.69) is 36.6 Å². The Morgan fingerprint density at radius 3 is 2.39 bits per heavy atom. The van der Waals surface area contributed by atoms with Gasteiger partial charge >= 0.3 is 0 Å². The van der Waals surface area contributed by atoms with Crippen LogP contribution in [0.3, 0.4) is 0 Å². The van der Waals surface area contributed by atoms with Gasteiger partial charge in [-0.05, 0) is 77.8 Å². The summed E-state index contributed by atoms with van der Waals surface area (Å²) in [5.74, 6) is 1.46. The number of carbonyl (C=O) groups excluding carboxylic acids is 2. The zero-order valence-electron chi connectivity index (χ0n) is 28.7. The zero-order valence-corrected chi connectivity index (χ0v) is 28.7. The van der Waals surface area contributed by atoms with Crippen molar-refractivity contribution in [3.05, 3.63) is 81.3 Å². The number of methoxy groups -OCH3 is 3. The number of nitrogens with one attached hydrogen (secondary N) is 4. The van der Waals surface area contributed by atoms with Gasteiger partial charge in [0, 0.05) is 24.6 Å². The number of fused-ring (bicyclic) bond motifs is 3. The van der Waals surface area contributed by atoms with E-state index in [1.54, 1.807) is 33.5 Å². The average molecular weight is 670 g/mol. The van der Waals surface area contributed by atoms with Crippen molar-refractivity contribution < 1.29 is 23.8 Å². The van der Waals surface area contributed by atoms with E-state index in [0.29, 0.717) is 65.6 Å². The third-order valence-corrected chi connectivity index (χ3v) is 8.97. The topological polar surface area (TPSA) is 169 Å². The molecule has 0 saturated heterocycles. The highest BCUT2D eigenvalue weighted by Gasteiger charge is 2.30. The summed E-state index contributed by atoms with van der Waals surface area (Å²) in [6.07, 6.45) is 3.19. The molecule has 3 atom stereocenters. The van der Waals surface area contributed by atoms with Crippen molar-refractivity contribution in [3.63, 3.8) is 0 Å². The van der Waals surface area contributed by atoms with Gasteiger partial charge in [0.15, 0.2) is 17.3 Å². The second kappa shape index (κ2) is 15.6. The quantitative estimate of drug-likeness (QED) is 0.158. The highest BCUT2D eigenvalue weighted by molar-refractivity contribution is 5.97. The molecule has 0 saturated carbocycles. The lowest BCUT2D eigenvalue weighted by Crippen LogP contribution is -2.40. The van der Waals surface area contributed by atoms with Crippen molar-refractivity contribution in [2.75, 3.05) is 32.0 Å². The minimum Gasteiger partial charge on any atom is -0.493 e. The molecule has 1 aliphatic rings. The van der Waals surface area contributed by atoms with Crippen molar-refractivity contribution >= 4 is 23.2 Å². The van der Waals surface area contributed by atoms with Gasteiger partial charge in [0.1, 0.15) is 6.04 Å². The average Bonchev–Trinajstić information content (AvgIpc) is 3.52. The van der Waals surface area contributed by atoms with Crippen molar-refractivity contribution in [2.45, 2.75) is 65.0 Å². The lowest BCUT2D eigenvalue weighted by molar-refractivity contribution is -0.120. The number of H-pyrrole nitrogens is 1. The maximum absolute atomic E-state index is 13.9. The van der Waals surface area contributed by atoms with E-state index in [1.807, 2.05) is 50.2 Å². The largest absolute Gasteiger partial charge is 0.493 e. The number of tetrazole rings is 1. The molecule has 3 unspecified atom stereocenters. The first-order valence-electron chi connectivity index (χ1n) is 16.3. The molecule has 0 fully saturated rings. The fraction of sp³-hybridized carbons (Fsp3) is 0.389. The highest BCUT2D eigenvalue weighted by Crippen LogP contribution is 2.50. The Morgan fingerprint density at radius 2 is 1.76 bits per heavy atom. The number of nitrogens with zero attached hydrogens (tertiary/aromatic N) is 3. The van der Waals surface area contributed by atoms with Crippen LogP contribution in [0.1, 0.15) is 62.2 Å². The molecule has 0 aliphatic heterocycles. The van der Waals surface area contributed by atoms with Crippen LogP contribution in [0.25, 0.3) is 11.1 Å². The molecule has 0 bridgehead atoms. The third kappa shape index (κ3) is 7.82. The molecule has 1 aliphatic carbocycles. The summed E-state index contributed by atoms with van der Waals surface area (Å²) in [6, 6.07) is 13.4. The highest BCUT2D eigenvalue weighted by atomic mass is 16.5. The Kier molecular flexibility index (Phi) is 11.1. The number of hydrogen-bond donors (Lipinski definition) is 4. The van der Waals surface area contributed by atoms with Crippen LogP contribution in [0.15, 0.2) is 53.3 Å². The number of aryl methyl sites for hydroxylation is 3. The maximum atomic E-state index is 13.9. The number of anilines is 2. The molecule has 13 nitrogen and oxygen atoms in total. The van der Waals surface area contributed by atoms with E-state index in [-0.39, 0.29) is 28.8 Å². The SMILES string of the molecule is CCC(C)C(Nc1ccc2c(cc1=O)C(NC(C)=O)CCc1cc(OC)c(OC)c(OC)c1-2)C(=O)Nc1ccc(CCc2nn[nH]n2)cc1. The molecule has 258 valence electrons. The Hall–Kier alpha value is -5.46. The predicted molar refractivity (Wildman–Crippen MR) is 186 cm³/mol. The van der Waals surface area contributed by atoms with Crippen molar-refractivity contribution in [3.8, 4) is 28.4 Å². The van der Waals surface area contributed by atoms with Crippen molar-refractivity contribution in [1.29, 1.82) is 0 Å². The minimum absolute atomic E-state index is 0.110. The summed E-state index contributed by atoms with van der Waals surface area (Å²) < 4.78 is 17.2. The molecule has 3 aromatic carbocycles. The zero-order chi connectivity index (χ0) is 35.1. The van der Waals surface area contributed by atoms with Crippen LogP contribution in [0.2, 0.25) is 0 Å². The van der Waals surface area contributed by atoms with Gasteiger partial charge in [0.2, 0.25) is 23.0 Å². The normalized spacial score (nSPS) is 14.7. The number of amides is 2. The van der Waals surface area contributed by atoms with Gasteiger partial charge in [-0.25, -0.2) is 0 Å². The minimum atomic E-state index is -0.713. The van der Waals surface area contributed by atoms with Crippen LogP contribution in [0.5, 0.6) is 17.2 Å². The van der Waals surface area contributed by atoms with Gasteiger partial charge in [0.25, 0.3) is 0 Å². The second-order valence-corrected chi connectivity index (χ2v) is 12.1. The van der Waals surface area contributed by atoms with E-state index in [1.165, 1.54) is 6.92 Å². The van der Waals surface area contributed by atoms with Crippen LogP contribution in [-0.4, -0.2) is 59.8 Å². The number of carbonyl (C=O) groups is 2. The molecule has 0 spiro atoms. The first kappa shape index (κ1) is 34.9. The Morgan fingerprint density at radius 1 is 1.00 bits per heavy atom. The Labute approximate surface area is 285 Å². The Bertz CT molecular complexity index is 1850. The van der Waals surface area contributed by atoms with Gasteiger partial charge in [-0.15, -0.1) is 10.2 Å². The number of aromatic nitrogens is 4. The van der Waals surface area contributed by atoms with Gasteiger partial charge in [-0.3, -0.25) is 14.4 Å². The van der Waals surface area contributed by atoms with Gasteiger partial charge in [-0.2, -0.15) is 5.21 Å². The number of hydrogen-bond acceptors (Lipinski definition) is 10. The smallest absolute Gasteiger partial charge is 0.247 e. The Balaban J connectivity index is 1.48. The molecular formula is C36H43N7O6. The first-order valence-corrected chi connectivity index (χ1v) is 16.3. The van der Waals surface area contributed by atoms with E-state index >= 15 is 0 Å². The molecule has 13 heteroatoms. The lowest BCUT2D eigenvalue weighted by atomic mass is 9.95. The number of aromatic amines is 1. The van der Waals surface area contributed by atoms with Crippen molar-refractivity contribution in [1.82, 2.24) is 25.9 Å². The molecule has 4 aromatic rings. The molecule has 0 radical (unpaired) electrons. The second-order valence-electron chi connectivity index (χ2n) is 12.1. The summed E-state index contributed by atoms with van der Waals surface area (Å²) in [5, 5.41) is 23.3. The van der Waals surface area contributed by atoms with Gasteiger partial charge in [-0.1, -0.05) is 43.7 Å². The van der Waals surface area contributed by atoms with Gasteiger partial charge in [0.05, 0.1) is 33.1 Å². The number of benzene rings is 2. The summed E-state index contributed by atoms with van der Waals surface area (Å²) >= 11 is 0. The standard InChI is InChI=1S/C36H43N7O6/c1-7-20(2)33(36(46)38-24-12-8-22(9-13-24)10-17-31-40-42-43-41-31)39-28-16-14-25-26(19-29(28)45)27(37-21(3)44)15-11-23-18-30(47-4)34(48-5)35(49-6)32(23)25/h8-9,12-14,16,18-20,27,33H,7,10-11,15,17H2,1-6H3,(H,37,44)(H,38,46)(H,39,45)(H,40,41,42,43). The van der Waals surface area contributed by atoms with Crippen LogP contribution in [0.4, 0.5) is 11.4 Å². The van der Waals surface area contributed by atoms with Crippen LogP contribution in [-0.2, 0) is 28.9 Å². The third-order valence-electron chi connectivity index (χ3n) is 8.97. The monoisotopic (exact) mass is 669 g/mol. The maximum Gasteiger partial charge on any atom is 0.247 e. The number of ether oxygens (including phenoxy) is 3.